The zero-order valence-electron chi connectivity index (χ0n) is 17.7. The third-order valence-corrected chi connectivity index (χ3v) is 5.26. The smallest absolute Gasteiger partial charge is 0.495 e. The molecule has 1 aromatic heterocycles. The third kappa shape index (κ3) is 4.79. The first-order chi connectivity index (χ1) is 16.1. The Labute approximate surface area is 195 Å². The number of halogens is 5. The van der Waals surface area contributed by atoms with Gasteiger partial charge in [-0.3, -0.25) is 4.79 Å². The Kier molecular flexibility index (Phi) is 6.14. The van der Waals surface area contributed by atoms with Crippen molar-refractivity contribution in [1.82, 2.24) is 4.98 Å². The normalized spacial score (nSPS) is 11.5. The lowest BCUT2D eigenvalue weighted by Crippen LogP contribution is -2.16. The number of methoxy groups -OCH3 is 1. The molecule has 0 bridgehead atoms. The molecule has 0 fully saturated rings. The number of H-pyrrole nitrogens is 1. The number of fused-ring (bicyclic) bond motifs is 1. The summed E-state index contributed by atoms with van der Waals surface area (Å²) in [5.74, 6) is -0.478. The van der Waals surface area contributed by atoms with Crippen molar-refractivity contribution in [2.75, 3.05) is 7.11 Å². The van der Waals surface area contributed by atoms with E-state index in [4.69, 9.17) is 21.1 Å². The second-order valence-electron chi connectivity index (χ2n) is 7.25. The van der Waals surface area contributed by atoms with Crippen LogP contribution in [-0.4, -0.2) is 18.5 Å². The van der Waals surface area contributed by atoms with Crippen molar-refractivity contribution in [3.63, 3.8) is 0 Å². The first-order valence-corrected chi connectivity index (χ1v) is 10.2. The van der Waals surface area contributed by atoms with Gasteiger partial charge in [-0.2, -0.15) is 0 Å². The van der Waals surface area contributed by atoms with Gasteiger partial charge in [-0.25, -0.2) is 4.39 Å². The summed E-state index contributed by atoms with van der Waals surface area (Å²) in [5, 5.41) is 0.512. The maximum Gasteiger partial charge on any atom is 0.573 e. The van der Waals surface area contributed by atoms with Crippen molar-refractivity contribution in [1.29, 1.82) is 0 Å². The number of nitrogens with one attached hydrogen (secondary N) is 1. The molecule has 3 aromatic carbocycles. The van der Waals surface area contributed by atoms with Gasteiger partial charge in [0.25, 0.3) is 0 Å². The van der Waals surface area contributed by atoms with Crippen molar-refractivity contribution in [3.05, 3.63) is 81.4 Å². The summed E-state index contributed by atoms with van der Waals surface area (Å²) in [6.45, 7) is 1.64. The average molecular weight is 494 g/mol. The van der Waals surface area contributed by atoms with Gasteiger partial charge in [0.1, 0.15) is 28.8 Å². The first-order valence-electron chi connectivity index (χ1n) is 9.79. The van der Waals surface area contributed by atoms with Crippen LogP contribution in [0.5, 0.6) is 23.0 Å². The van der Waals surface area contributed by atoms with E-state index in [-0.39, 0.29) is 33.0 Å². The second kappa shape index (κ2) is 8.90. The first kappa shape index (κ1) is 23.4. The average Bonchev–Trinajstić information content (AvgIpc) is 2.76. The van der Waals surface area contributed by atoms with E-state index in [0.29, 0.717) is 17.0 Å². The van der Waals surface area contributed by atoms with Crippen LogP contribution in [0, 0.1) is 12.7 Å². The molecule has 176 valence electrons. The van der Waals surface area contributed by atoms with E-state index in [2.05, 4.69) is 9.72 Å². The Bertz CT molecular complexity index is 1430. The topological polar surface area (TPSA) is 60.6 Å². The SMILES string of the molecule is COc1cc2[nH]c(C)c(-c3ccc(Oc4ccc(OC(F)(F)F)cc4)cc3F)c(=O)c2cc1Cl. The van der Waals surface area contributed by atoms with E-state index >= 15 is 4.39 Å². The third-order valence-electron chi connectivity index (χ3n) is 4.96. The monoisotopic (exact) mass is 493 g/mol. The summed E-state index contributed by atoms with van der Waals surface area (Å²) >= 11 is 6.15. The predicted molar refractivity (Wildman–Crippen MR) is 119 cm³/mol. The van der Waals surface area contributed by atoms with Gasteiger partial charge in [-0.05, 0) is 49.4 Å². The summed E-state index contributed by atoms with van der Waals surface area (Å²) in [6, 6.07) is 11.6. The van der Waals surface area contributed by atoms with Gasteiger partial charge in [-0.1, -0.05) is 11.6 Å². The number of aromatic amines is 1. The molecule has 34 heavy (non-hydrogen) atoms. The second-order valence-corrected chi connectivity index (χ2v) is 7.66. The van der Waals surface area contributed by atoms with E-state index in [1.807, 2.05) is 0 Å². The summed E-state index contributed by atoms with van der Waals surface area (Å²) in [6.07, 6.45) is -4.81. The molecule has 1 N–H and O–H groups in total. The number of rotatable bonds is 5. The molecule has 1 heterocycles. The van der Waals surface area contributed by atoms with Gasteiger partial charge >= 0.3 is 6.36 Å². The van der Waals surface area contributed by atoms with Crippen molar-refractivity contribution >= 4 is 22.5 Å². The zero-order valence-corrected chi connectivity index (χ0v) is 18.5. The Balaban J connectivity index is 1.65. The van der Waals surface area contributed by atoms with Crippen molar-refractivity contribution in [2.24, 2.45) is 0 Å². The molecule has 0 saturated heterocycles. The Hall–Kier alpha value is -3.72. The lowest BCUT2D eigenvalue weighted by atomic mass is 10.0. The number of benzene rings is 3. The van der Waals surface area contributed by atoms with Crippen LogP contribution in [0.3, 0.4) is 0 Å². The van der Waals surface area contributed by atoms with Gasteiger partial charge in [-0.15, -0.1) is 13.2 Å². The standard InChI is InChI=1S/C24H16ClF4NO4/c1-12-22(23(31)17-10-18(25)21(32-2)11-20(17)30-12)16-8-7-15(9-19(16)26)33-13-3-5-14(6-4-13)34-24(27,28)29/h3-11H,1-2H3,(H,30,31). The van der Waals surface area contributed by atoms with Crippen LogP contribution >= 0.6 is 11.6 Å². The van der Waals surface area contributed by atoms with Crippen molar-refractivity contribution in [2.45, 2.75) is 13.3 Å². The fourth-order valence-electron chi connectivity index (χ4n) is 3.50. The molecule has 0 aliphatic rings. The molecule has 0 radical (unpaired) electrons. The quantitative estimate of drug-likeness (QED) is 0.304. The van der Waals surface area contributed by atoms with Gasteiger partial charge in [0.15, 0.2) is 5.43 Å². The predicted octanol–water partition coefficient (Wildman–Crippen LogP) is 7.00. The number of pyridine rings is 1. The van der Waals surface area contributed by atoms with Gasteiger partial charge < -0.3 is 19.2 Å². The van der Waals surface area contributed by atoms with E-state index < -0.39 is 23.4 Å². The number of aromatic nitrogens is 1. The van der Waals surface area contributed by atoms with Crippen molar-refractivity contribution < 1.29 is 31.8 Å². The van der Waals surface area contributed by atoms with E-state index in [0.717, 1.165) is 18.2 Å². The fourth-order valence-corrected chi connectivity index (χ4v) is 3.74. The van der Waals surface area contributed by atoms with E-state index in [1.165, 1.54) is 37.4 Å². The zero-order chi connectivity index (χ0) is 24.6. The highest BCUT2D eigenvalue weighted by molar-refractivity contribution is 6.32. The summed E-state index contributed by atoms with van der Waals surface area (Å²) in [4.78, 5) is 16.2. The van der Waals surface area contributed by atoms with Crippen LogP contribution in [0.15, 0.2) is 59.4 Å². The highest BCUT2D eigenvalue weighted by atomic mass is 35.5. The Morgan fingerprint density at radius 1 is 0.941 bits per heavy atom. The minimum atomic E-state index is -4.81. The van der Waals surface area contributed by atoms with Crippen LogP contribution < -0.4 is 19.6 Å². The highest BCUT2D eigenvalue weighted by Crippen LogP contribution is 2.33. The molecule has 0 spiro atoms. The minimum absolute atomic E-state index is 0.0499. The molecular weight excluding hydrogens is 478 g/mol. The molecule has 4 aromatic rings. The molecule has 0 aliphatic heterocycles. The fraction of sp³-hybridized carbons (Fsp3) is 0.125. The van der Waals surface area contributed by atoms with Gasteiger partial charge in [0, 0.05) is 28.8 Å². The molecule has 10 heteroatoms. The van der Waals surface area contributed by atoms with Crippen LogP contribution in [0.1, 0.15) is 5.69 Å². The highest BCUT2D eigenvalue weighted by Gasteiger charge is 2.31. The molecule has 0 aliphatic carbocycles. The summed E-state index contributed by atoms with van der Waals surface area (Å²) in [7, 11) is 1.45. The number of ether oxygens (including phenoxy) is 3. The van der Waals surface area contributed by atoms with E-state index in [9.17, 15) is 18.0 Å². The maximum absolute atomic E-state index is 15.0. The lowest BCUT2D eigenvalue weighted by Gasteiger charge is -2.13. The molecule has 0 amide bonds. The summed E-state index contributed by atoms with van der Waals surface area (Å²) < 4.78 is 66.3. The van der Waals surface area contributed by atoms with Gasteiger partial charge in [0.2, 0.25) is 0 Å². The number of hydrogen-bond acceptors (Lipinski definition) is 4. The molecule has 0 saturated carbocycles. The number of hydrogen-bond donors (Lipinski definition) is 1. The molecule has 5 nitrogen and oxygen atoms in total. The molecule has 4 rings (SSSR count). The number of alkyl halides is 3. The molecule has 0 atom stereocenters. The number of aryl methyl sites for hydroxylation is 1. The van der Waals surface area contributed by atoms with Gasteiger partial charge in [0.05, 0.1) is 23.2 Å². The van der Waals surface area contributed by atoms with Crippen LogP contribution in [-0.2, 0) is 0 Å². The Morgan fingerprint density at radius 2 is 1.59 bits per heavy atom. The van der Waals surface area contributed by atoms with Crippen LogP contribution in [0.25, 0.3) is 22.0 Å². The molecular formula is C24H16ClF4NO4. The maximum atomic E-state index is 15.0. The van der Waals surface area contributed by atoms with E-state index in [1.54, 1.807) is 13.0 Å². The largest absolute Gasteiger partial charge is 0.573 e. The van der Waals surface area contributed by atoms with Crippen LogP contribution in [0.2, 0.25) is 5.02 Å². The minimum Gasteiger partial charge on any atom is -0.495 e. The lowest BCUT2D eigenvalue weighted by molar-refractivity contribution is -0.274. The Morgan fingerprint density at radius 3 is 2.21 bits per heavy atom. The van der Waals surface area contributed by atoms with Crippen LogP contribution in [0.4, 0.5) is 17.6 Å². The van der Waals surface area contributed by atoms with Crippen molar-refractivity contribution in [3.8, 4) is 34.1 Å². The molecule has 0 unspecified atom stereocenters. The summed E-state index contributed by atoms with van der Waals surface area (Å²) in [5.41, 5.74) is 0.699.